The van der Waals surface area contributed by atoms with Crippen molar-refractivity contribution in [3.8, 4) is 5.69 Å². The van der Waals surface area contributed by atoms with Crippen LogP contribution in [0.5, 0.6) is 0 Å². The van der Waals surface area contributed by atoms with E-state index in [1.807, 2.05) is 0 Å². The molecule has 1 aromatic heterocycles. The molecule has 3 aromatic rings. The van der Waals surface area contributed by atoms with Gasteiger partial charge in [-0.15, -0.1) is 10.2 Å². The second kappa shape index (κ2) is 10.3. The molecule has 3 rings (SSSR count). The molecule has 7 nitrogen and oxygen atoms in total. The molecule has 0 aliphatic carbocycles. The quantitative estimate of drug-likeness (QED) is 0.445. The van der Waals surface area contributed by atoms with Crippen molar-refractivity contribution >= 4 is 17.7 Å². The number of aliphatic hydroxyl groups excluding tert-OH is 2. The van der Waals surface area contributed by atoms with Gasteiger partial charge in [-0.1, -0.05) is 23.9 Å². The highest BCUT2D eigenvalue weighted by atomic mass is 32.2. The topological polar surface area (TPSA) is 100 Å². The molecule has 10 heteroatoms. The van der Waals surface area contributed by atoms with E-state index in [2.05, 4.69) is 15.5 Å². The van der Waals surface area contributed by atoms with Crippen LogP contribution in [0, 0.1) is 11.6 Å². The van der Waals surface area contributed by atoms with Crippen molar-refractivity contribution in [3.05, 3.63) is 71.6 Å². The van der Waals surface area contributed by atoms with Crippen LogP contribution >= 0.6 is 11.8 Å². The van der Waals surface area contributed by atoms with Crippen LogP contribution in [0.1, 0.15) is 16.2 Å². The molecule has 0 aliphatic heterocycles. The molecule has 2 aromatic carbocycles. The van der Waals surface area contributed by atoms with Gasteiger partial charge < -0.3 is 15.5 Å². The van der Waals surface area contributed by atoms with Crippen molar-refractivity contribution in [2.45, 2.75) is 17.7 Å². The maximum Gasteiger partial charge on any atom is 0.254 e. The van der Waals surface area contributed by atoms with Crippen molar-refractivity contribution < 1.29 is 23.8 Å². The third-order valence-electron chi connectivity index (χ3n) is 4.15. The van der Waals surface area contributed by atoms with Gasteiger partial charge in [-0.2, -0.15) is 0 Å². The summed E-state index contributed by atoms with van der Waals surface area (Å²) < 4.78 is 28.7. The number of nitrogens with one attached hydrogen (secondary N) is 1. The second-order valence-electron chi connectivity index (χ2n) is 6.34. The number of hydrogen-bond acceptors (Lipinski definition) is 6. The van der Waals surface area contributed by atoms with E-state index in [-0.39, 0.29) is 30.9 Å². The van der Waals surface area contributed by atoms with Gasteiger partial charge in [0.25, 0.3) is 5.91 Å². The molecule has 0 aliphatic rings. The van der Waals surface area contributed by atoms with Crippen molar-refractivity contribution in [1.29, 1.82) is 0 Å². The van der Waals surface area contributed by atoms with Gasteiger partial charge in [0.15, 0.2) is 5.16 Å². The molecule has 30 heavy (non-hydrogen) atoms. The lowest BCUT2D eigenvalue weighted by molar-refractivity contribution is 0.0950. The number of halogens is 2. The minimum atomic E-state index is -0.920. The van der Waals surface area contributed by atoms with Gasteiger partial charge in [-0.3, -0.25) is 9.36 Å². The van der Waals surface area contributed by atoms with Crippen LogP contribution in [0.15, 0.2) is 53.7 Å². The van der Waals surface area contributed by atoms with E-state index in [1.165, 1.54) is 42.1 Å². The number of rotatable bonds is 9. The summed E-state index contributed by atoms with van der Waals surface area (Å²) in [6, 6.07) is 11.4. The van der Waals surface area contributed by atoms with E-state index in [0.717, 1.165) is 0 Å². The lowest BCUT2D eigenvalue weighted by atomic mass is 10.2. The first-order valence-electron chi connectivity index (χ1n) is 9.14. The number of thioether (sulfide) groups is 1. The molecule has 0 fully saturated rings. The fourth-order valence-corrected chi connectivity index (χ4v) is 3.54. The smallest absolute Gasteiger partial charge is 0.254 e. The Bertz CT molecular complexity index is 998. The van der Waals surface area contributed by atoms with E-state index in [0.29, 0.717) is 16.7 Å². The molecule has 158 valence electrons. The Morgan fingerprint density at radius 1 is 1.13 bits per heavy atom. The summed E-state index contributed by atoms with van der Waals surface area (Å²) in [5, 5.41) is 29.9. The number of aromatic nitrogens is 3. The predicted molar refractivity (Wildman–Crippen MR) is 108 cm³/mol. The van der Waals surface area contributed by atoms with Crippen LogP contribution in [0.3, 0.4) is 0 Å². The van der Waals surface area contributed by atoms with E-state index >= 15 is 0 Å². The highest BCUT2D eigenvalue weighted by molar-refractivity contribution is 7.99. The molecule has 0 spiro atoms. The standard InChI is InChI=1S/C20H20F2N4O3S/c21-13-5-7-14(8-6-13)26-18(24-25-20(26)30-12-15(28)11-27)9-10-23-19(29)16-3-1-2-4-17(16)22/h1-8,15,27-28H,9-12H2,(H,23,29). The average molecular weight is 434 g/mol. The van der Waals surface area contributed by atoms with Gasteiger partial charge in [0.2, 0.25) is 0 Å². The summed E-state index contributed by atoms with van der Waals surface area (Å²) in [6.07, 6.45) is -0.634. The Hall–Kier alpha value is -2.82. The Balaban J connectivity index is 1.75. The molecule has 1 heterocycles. The van der Waals surface area contributed by atoms with Crippen molar-refractivity contribution in [2.24, 2.45) is 0 Å². The molecule has 3 N–H and O–H groups in total. The van der Waals surface area contributed by atoms with E-state index in [4.69, 9.17) is 5.11 Å². The highest BCUT2D eigenvalue weighted by Crippen LogP contribution is 2.23. The third kappa shape index (κ3) is 5.41. The normalized spacial score (nSPS) is 12.0. The zero-order valence-electron chi connectivity index (χ0n) is 15.8. The molecule has 0 saturated carbocycles. The number of amides is 1. The van der Waals surface area contributed by atoms with Crippen molar-refractivity contribution in [3.63, 3.8) is 0 Å². The second-order valence-corrected chi connectivity index (χ2v) is 7.33. The Labute approximate surface area is 175 Å². The summed E-state index contributed by atoms with van der Waals surface area (Å²) in [6.45, 7) is -0.205. The molecule has 0 saturated heterocycles. The molecular weight excluding hydrogens is 414 g/mol. The summed E-state index contributed by atoms with van der Waals surface area (Å²) in [4.78, 5) is 12.2. The van der Waals surface area contributed by atoms with E-state index in [9.17, 15) is 18.7 Å². The summed E-state index contributed by atoms with van der Waals surface area (Å²) in [5.74, 6) is -0.848. The third-order valence-corrected chi connectivity index (χ3v) is 5.23. The molecule has 0 bridgehead atoms. The Morgan fingerprint density at radius 2 is 1.87 bits per heavy atom. The van der Waals surface area contributed by atoms with Gasteiger partial charge >= 0.3 is 0 Å². The monoisotopic (exact) mass is 434 g/mol. The molecule has 1 unspecified atom stereocenters. The maximum absolute atomic E-state index is 13.7. The average Bonchev–Trinajstić information content (AvgIpc) is 3.15. The van der Waals surface area contributed by atoms with E-state index < -0.39 is 23.6 Å². The first-order valence-corrected chi connectivity index (χ1v) is 10.1. The molecular formula is C20H20F2N4O3S. The summed E-state index contributed by atoms with van der Waals surface area (Å²) in [7, 11) is 0. The SMILES string of the molecule is O=C(NCCc1nnc(SCC(O)CO)n1-c1ccc(F)cc1)c1ccccc1F. The number of aliphatic hydroxyl groups is 2. The first kappa shape index (κ1) is 21.9. The van der Waals surface area contributed by atoms with Crippen LogP contribution in [0.4, 0.5) is 8.78 Å². The molecule has 0 radical (unpaired) electrons. The van der Waals surface area contributed by atoms with Crippen LogP contribution in [-0.4, -0.2) is 55.9 Å². The van der Waals surface area contributed by atoms with Crippen LogP contribution in [0.2, 0.25) is 0 Å². The molecule has 1 amide bonds. The van der Waals surface area contributed by atoms with Crippen LogP contribution in [-0.2, 0) is 6.42 Å². The fourth-order valence-electron chi connectivity index (χ4n) is 2.66. The van der Waals surface area contributed by atoms with E-state index in [1.54, 1.807) is 22.8 Å². The zero-order valence-corrected chi connectivity index (χ0v) is 16.6. The summed E-state index contributed by atoms with van der Waals surface area (Å²) in [5.41, 5.74) is 0.560. The maximum atomic E-state index is 13.7. The fraction of sp³-hybridized carbons (Fsp3) is 0.250. The van der Waals surface area contributed by atoms with Crippen molar-refractivity contribution in [1.82, 2.24) is 20.1 Å². The van der Waals surface area contributed by atoms with Gasteiger partial charge in [0.1, 0.15) is 17.5 Å². The minimum Gasteiger partial charge on any atom is -0.394 e. The van der Waals surface area contributed by atoms with Crippen molar-refractivity contribution in [2.75, 3.05) is 18.9 Å². The number of hydrogen-bond donors (Lipinski definition) is 3. The van der Waals surface area contributed by atoms with Gasteiger partial charge in [0.05, 0.1) is 18.3 Å². The number of carbonyl (C=O) groups is 1. The lowest BCUT2D eigenvalue weighted by Gasteiger charge is -2.12. The highest BCUT2D eigenvalue weighted by Gasteiger charge is 2.17. The number of carbonyl (C=O) groups excluding carboxylic acids is 1. The van der Waals surface area contributed by atoms with Crippen LogP contribution in [0.25, 0.3) is 5.69 Å². The predicted octanol–water partition coefficient (Wildman–Crippen LogP) is 1.96. The largest absolute Gasteiger partial charge is 0.394 e. The Morgan fingerprint density at radius 3 is 2.57 bits per heavy atom. The number of nitrogens with zero attached hydrogens (tertiary/aromatic N) is 3. The Kier molecular flexibility index (Phi) is 7.50. The minimum absolute atomic E-state index is 0.0493. The first-order chi connectivity index (χ1) is 14.5. The zero-order chi connectivity index (χ0) is 21.5. The lowest BCUT2D eigenvalue weighted by Crippen LogP contribution is -2.27. The molecule has 1 atom stereocenters. The van der Waals surface area contributed by atoms with Crippen LogP contribution < -0.4 is 5.32 Å². The number of benzene rings is 2. The van der Waals surface area contributed by atoms with Gasteiger partial charge in [-0.05, 0) is 36.4 Å². The van der Waals surface area contributed by atoms with Gasteiger partial charge in [0, 0.05) is 24.4 Å². The summed E-state index contributed by atoms with van der Waals surface area (Å²) >= 11 is 1.19. The van der Waals surface area contributed by atoms with Gasteiger partial charge in [-0.25, -0.2) is 8.78 Å².